The Balaban J connectivity index is 1.67. The number of alkyl halides is 3. The zero-order valence-corrected chi connectivity index (χ0v) is 17.2. The van der Waals surface area contributed by atoms with Crippen LogP contribution in [-0.4, -0.2) is 35.8 Å². The SMILES string of the molecule is C=CC(=O)N1CCC(Oc2cc(CC(=O)c3cccc(C(F)(F)F)c3)ccc2C)CC1. The Morgan fingerprint density at radius 2 is 1.87 bits per heavy atom. The maximum Gasteiger partial charge on any atom is 0.416 e. The topological polar surface area (TPSA) is 46.6 Å². The molecule has 0 aromatic heterocycles. The van der Waals surface area contributed by atoms with Crippen LogP contribution in [0, 0.1) is 6.92 Å². The molecule has 2 aromatic rings. The fourth-order valence-corrected chi connectivity index (χ4v) is 3.54. The number of hydrogen-bond acceptors (Lipinski definition) is 3. The van der Waals surface area contributed by atoms with Gasteiger partial charge in [-0.3, -0.25) is 9.59 Å². The molecule has 1 heterocycles. The quantitative estimate of drug-likeness (QED) is 0.478. The van der Waals surface area contributed by atoms with E-state index < -0.39 is 17.5 Å². The van der Waals surface area contributed by atoms with Gasteiger partial charge in [0.1, 0.15) is 11.9 Å². The summed E-state index contributed by atoms with van der Waals surface area (Å²) >= 11 is 0. The van der Waals surface area contributed by atoms with Crippen molar-refractivity contribution in [3.63, 3.8) is 0 Å². The van der Waals surface area contributed by atoms with Crippen molar-refractivity contribution in [2.75, 3.05) is 13.1 Å². The fourth-order valence-electron chi connectivity index (χ4n) is 3.54. The van der Waals surface area contributed by atoms with E-state index in [9.17, 15) is 22.8 Å². The molecule has 0 spiro atoms. The lowest BCUT2D eigenvalue weighted by Crippen LogP contribution is -2.41. The van der Waals surface area contributed by atoms with E-state index in [0.717, 1.165) is 17.7 Å². The third kappa shape index (κ3) is 5.75. The molecule has 0 unspecified atom stereocenters. The third-order valence-corrected chi connectivity index (χ3v) is 5.35. The van der Waals surface area contributed by atoms with E-state index in [1.807, 2.05) is 13.0 Å². The van der Waals surface area contributed by atoms with Crippen molar-refractivity contribution >= 4 is 11.7 Å². The van der Waals surface area contributed by atoms with Gasteiger partial charge in [0.15, 0.2) is 5.78 Å². The molecule has 1 aliphatic heterocycles. The summed E-state index contributed by atoms with van der Waals surface area (Å²) in [6, 6.07) is 9.83. The Hall–Kier alpha value is -3.09. The van der Waals surface area contributed by atoms with Gasteiger partial charge in [-0.05, 0) is 42.3 Å². The van der Waals surface area contributed by atoms with Crippen LogP contribution in [-0.2, 0) is 17.4 Å². The number of aryl methyl sites for hydroxylation is 1. The first kappa shape index (κ1) is 22.6. The second kappa shape index (κ2) is 9.37. The summed E-state index contributed by atoms with van der Waals surface area (Å²) in [6.45, 7) is 6.56. The highest BCUT2D eigenvalue weighted by Crippen LogP contribution is 2.30. The Kier molecular flexibility index (Phi) is 6.83. The molecule has 0 radical (unpaired) electrons. The highest BCUT2D eigenvalue weighted by atomic mass is 19.4. The standard InChI is InChI=1S/C24H24F3NO3/c1-3-23(30)28-11-9-20(10-12-28)31-22-14-17(8-7-16(22)2)13-21(29)18-5-4-6-19(15-18)24(25,26)27/h3-8,14-15,20H,1,9-13H2,2H3. The average molecular weight is 431 g/mol. The van der Waals surface area contributed by atoms with Crippen LogP contribution >= 0.6 is 0 Å². The Morgan fingerprint density at radius 1 is 1.16 bits per heavy atom. The number of rotatable bonds is 6. The summed E-state index contributed by atoms with van der Waals surface area (Å²) in [5.74, 6) is 0.157. The van der Waals surface area contributed by atoms with Gasteiger partial charge in [0.2, 0.25) is 5.91 Å². The zero-order chi connectivity index (χ0) is 22.6. The number of benzene rings is 2. The molecule has 0 bridgehead atoms. The molecule has 31 heavy (non-hydrogen) atoms. The minimum absolute atomic E-state index is 0.0236. The number of ketones is 1. The highest BCUT2D eigenvalue weighted by molar-refractivity contribution is 5.97. The van der Waals surface area contributed by atoms with Crippen LogP contribution in [0.3, 0.4) is 0 Å². The maximum atomic E-state index is 12.9. The summed E-state index contributed by atoms with van der Waals surface area (Å²) in [4.78, 5) is 26.0. The van der Waals surface area contributed by atoms with E-state index in [0.29, 0.717) is 37.2 Å². The van der Waals surface area contributed by atoms with Gasteiger partial charge in [-0.1, -0.05) is 30.8 Å². The van der Waals surface area contributed by atoms with Gasteiger partial charge in [0, 0.05) is 37.9 Å². The minimum Gasteiger partial charge on any atom is -0.490 e. The van der Waals surface area contributed by atoms with E-state index in [2.05, 4.69) is 6.58 Å². The summed E-state index contributed by atoms with van der Waals surface area (Å²) in [5, 5.41) is 0. The molecule has 3 rings (SSSR count). The van der Waals surface area contributed by atoms with E-state index >= 15 is 0 Å². The molecule has 0 aliphatic carbocycles. The van der Waals surface area contributed by atoms with E-state index in [4.69, 9.17) is 4.74 Å². The third-order valence-electron chi connectivity index (χ3n) is 5.35. The minimum atomic E-state index is -4.49. The number of piperidine rings is 1. The molecule has 0 atom stereocenters. The monoisotopic (exact) mass is 431 g/mol. The lowest BCUT2D eigenvalue weighted by molar-refractivity contribution is -0.137. The van der Waals surface area contributed by atoms with Crippen molar-refractivity contribution < 1.29 is 27.5 Å². The highest BCUT2D eigenvalue weighted by Gasteiger charge is 2.31. The molecule has 7 heteroatoms. The van der Waals surface area contributed by atoms with Gasteiger partial charge in [0.05, 0.1) is 5.56 Å². The van der Waals surface area contributed by atoms with Crippen molar-refractivity contribution in [2.24, 2.45) is 0 Å². The molecule has 1 amide bonds. The smallest absolute Gasteiger partial charge is 0.416 e. The second-order valence-corrected chi connectivity index (χ2v) is 7.62. The predicted octanol–water partition coefficient (Wildman–Crippen LogP) is 5.00. The normalized spacial score (nSPS) is 14.9. The molecular weight excluding hydrogens is 407 g/mol. The van der Waals surface area contributed by atoms with Gasteiger partial charge in [-0.2, -0.15) is 13.2 Å². The number of carbonyl (C=O) groups is 2. The van der Waals surface area contributed by atoms with Crippen molar-refractivity contribution in [1.82, 2.24) is 4.90 Å². The van der Waals surface area contributed by atoms with Gasteiger partial charge in [-0.25, -0.2) is 0 Å². The maximum absolute atomic E-state index is 12.9. The van der Waals surface area contributed by atoms with Crippen LogP contribution in [0.15, 0.2) is 55.1 Å². The Morgan fingerprint density at radius 3 is 2.52 bits per heavy atom. The number of amides is 1. The van der Waals surface area contributed by atoms with Crippen LogP contribution < -0.4 is 4.74 Å². The molecule has 1 aliphatic rings. The first-order valence-electron chi connectivity index (χ1n) is 10.1. The van der Waals surface area contributed by atoms with Crippen molar-refractivity contribution in [2.45, 2.75) is 38.5 Å². The number of Topliss-reactive ketones (excluding diaryl/α,β-unsaturated/α-hetero) is 1. The van der Waals surface area contributed by atoms with E-state index in [-0.39, 0.29) is 24.0 Å². The summed E-state index contributed by atoms with van der Waals surface area (Å²) in [6.07, 6.45) is -1.89. The molecular formula is C24H24F3NO3. The van der Waals surface area contributed by atoms with Crippen LogP contribution in [0.1, 0.15) is 39.9 Å². The first-order valence-corrected chi connectivity index (χ1v) is 10.1. The lowest BCUT2D eigenvalue weighted by Gasteiger charge is -2.32. The van der Waals surface area contributed by atoms with Gasteiger partial charge < -0.3 is 9.64 Å². The Bertz CT molecular complexity index is 976. The molecule has 4 nitrogen and oxygen atoms in total. The van der Waals surface area contributed by atoms with Crippen LogP contribution in [0.25, 0.3) is 0 Å². The largest absolute Gasteiger partial charge is 0.490 e. The van der Waals surface area contributed by atoms with E-state index in [1.165, 1.54) is 18.2 Å². The van der Waals surface area contributed by atoms with E-state index in [1.54, 1.807) is 17.0 Å². The van der Waals surface area contributed by atoms with Crippen LogP contribution in [0.2, 0.25) is 0 Å². The number of hydrogen-bond donors (Lipinski definition) is 0. The molecule has 1 fully saturated rings. The molecule has 1 saturated heterocycles. The van der Waals surface area contributed by atoms with Crippen molar-refractivity contribution in [3.8, 4) is 5.75 Å². The summed E-state index contributed by atoms with van der Waals surface area (Å²) < 4.78 is 44.9. The number of nitrogens with zero attached hydrogens (tertiary/aromatic N) is 1. The Labute approximate surface area is 179 Å². The fraction of sp³-hybridized carbons (Fsp3) is 0.333. The number of likely N-dealkylation sites (tertiary alicyclic amines) is 1. The zero-order valence-electron chi connectivity index (χ0n) is 17.2. The average Bonchev–Trinajstić information content (AvgIpc) is 2.75. The number of halogens is 3. The van der Waals surface area contributed by atoms with Crippen LogP contribution in [0.5, 0.6) is 5.75 Å². The first-order chi connectivity index (χ1) is 14.7. The molecule has 0 N–H and O–H groups in total. The number of carbonyl (C=O) groups excluding carboxylic acids is 2. The lowest BCUT2D eigenvalue weighted by atomic mass is 10.00. The van der Waals surface area contributed by atoms with Crippen molar-refractivity contribution in [3.05, 3.63) is 77.4 Å². The molecule has 164 valence electrons. The van der Waals surface area contributed by atoms with Crippen LogP contribution in [0.4, 0.5) is 13.2 Å². The predicted molar refractivity (Wildman–Crippen MR) is 111 cm³/mol. The number of ether oxygens (including phenoxy) is 1. The summed E-state index contributed by atoms with van der Waals surface area (Å²) in [5.41, 5.74) is 0.756. The van der Waals surface area contributed by atoms with Crippen molar-refractivity contribution in [1.29, 1.82) is 0 Å². The summed E-state index contributed by atoms with van der Waals surface area (Å²) in [7, 11) is 0. The van der Waals surface area contributed by atoms with Gasteiger partial charge >= 0.3 is 6.18 Å². The van der Waals surface area contributed by atoms with Gasteiger partial charge in [-0.15, -0.1) is 0 Å². The molecule has 2 aromatic carbocycles. The van der Waals surface area contributed by atoms with Gasteiger partial charge in [0.25, 0.3) is 0 Å². The second-order valence-electron chi connectivity index (χ2n) is 7.62. The molecule has 0 saturated carbocycles.